The van der Waals surface area contributed by atoms with Crippen molar-refractivity contribution in [1.29, 1.82) is 0 Å². The van der Waals surface area contributed by atoms with Crippen LogP contribution in [0.25, 0.3) is 0 Å². The number of hydrogen-bond donors (Lipinski definition) is 1. The first kappa shape index (κ1) is 11.0. The van der Waals surface area contributed by atoms with E-state index in [1.807, 2.05) is 11.8 Å². The number of thioether (sulfide) groups is 1. The molecule has 0 aromatic carbocycles. The van der Waals surface area contributed by atoms with Crippen LogP contribution in [-0.2, 0) is 6.42 Å². The van der Waals surface area contributed by atoms with E-state index in [0.717, 1.165) is 24.3 Å². The molecule has 0 unspecified atom stereocenters. The van der Waals surface area contributed by atoms with Crippen molar-refractivity contribution < 1.29 is 4.92 Å². The smallest absolute Gasteiger partial charge is 0.340 e. The van der Waals surface area contributed by atoms with E-state index in [2.05, 4.69) is 16.9 Å². The summed E-state index contributed by atoms with van der Waals surface area (Å²) < 4.78 is 0. The summed E-state index contributed by atoms with van der Waals surface area (Å²) in [5.41, 5.74) is 0. The molecule has 0 fully saturated rings. The molecule has 1 aromatic heterocycles. The second-order valence-electron chi connectivity index (χ2n) is 2.83. The summed E-state index contributed by atoms with van der Waals surface area (Å²) in [6.07, 6.45) is 3.18. The average Bonchev–Trinajstić information content (AvgIpc) is 2.61. The maximum atomic E-state index is 10.3. The molecule has 78 valence electrons. The molecular formula is C8H13N3O2S. The molecule has 0 aliphatic heterocycles. The fourth-order valence-electron chi connectivity index (χ4n) is 0.987. The lowest BCUT2D eigenvalue weighted by atomic mass is 10.5. The number of aryl methyl sites for hydroxylation is 1. The summed E-state index contributed by atoms with van der Waals surface area (Å²) in [6, 6.07) is 0. The van der Waals surface area contributed by atoms with Gasteiger partial charge in [-0.25, -0.2) is 9.97 Å². The Balaban J connectivity index is 2.33. The van der Waals surface area contributed by atoms with Crippen LogP contribution in [0.3, 0.4) is 0 Å². The molecule has 0 aliphatic rings. The van der Waals surface area contributed by atoms with Crippen LogP contribution in [0.1, 0.15) is 19.2 Å². The highest BCUT2D eigenvalue weighted by Gasteiger charge is 2.08. The van der Waals surface area contributed by atoms with Gasteiger partial charge in [0.25, 0.3) is 0 Å². The minimum Gasteiger partial charge on any atom is -0.358 e. The number of aromatic amines is 1. The van der Waals surface area contributed by atoms with Gasteiger partial charge in [0.05, 0.1) is 0 Å². The second-order valence-corrected chi connectivity index (χ2v) is 4.06. The lowest BCUT2D eigenvalue weighted by Gasteiger charge is -1.94. The van der Waals surface area contributed by atoms with Crippen molar-refractivity contribution in [2.45, 2.75) is 19.8 Å². The normalized spacial score (nSPS) is 10.4. The van der Waals surface area contributed by atoms with Gasteiger partial charge in [0.15, 0.2) is 5.82 Å². The maximum absolute atomic E-state index is 10.3. The molecule has 0 amide bonds. The highest BCUT2D eigenvalue weighted by atomic mass is 32.2. The van der Waals surface area contributed by atoms with Crippen molar-refractivity contribution in [2.24, 2.45) is 0 Å². The second kappa shape index (κ2) is 5.64. The van der Waals surface area contributed by atoms with Crippen molar-refractivity contribution in [2.75, 3.05) is 11.5 Å². The number of imidazole rings is 1. The van der Waals surface area contributed by atoms with Crippen molar-refractivity contribution in [3.8, 4) is 0 Å². The molecule has 1 heterocycles. The number of hydrogen-bond acceptors (Lipinski definition) is 4. The van der Waals surface area contributed by atoms with Crippen molar-refractivity contribution >= 4 is 17.6 Å². The fourth-order valence-corrected chi connectivity index (χ4v) is 1.82. The lowest BCUT2D eigenvalue weighted by Crippen LogP contribution is -1.93. The van der Waals surface area contributed by atoms with Crippen LogP contribution in [0, 0.1) is 10.1 Å². The van der Waals surface area contributed by atoms with Gasteiger partial charge >= 0.3 is 5.82 Å². The van der Waals surface area contributed by atoms with Gasteiger partial charge in [-0.15, -0.1) is 0 Å². The number of H-pyrrole nitrogens is 1. The van der Waals surface area contributed by atoms with E-state index in [4.69, 9.17) is 0 Å². The Morgan fingerprint density at radius 3 is 3.00 bits per heavy atom. The van der Waals surface area contributed by atoms with E-state index in [-0.39, 0.29) is 5.82 Å². The van der Waals surface area contributed by atoms with Crippen LogP contribution in [0.4, 0.5) is 5.82 Å². The predicted octanol–water partition coefficient (Wildman–Crippen LogP) is 2.00. The average molecular weight is 215 g/mol. The van der Waals surface area contributed by atoms with E-state index < -0.39 is 4.92 Å². The van der Waals surface area contributed by atoms with Crippen LogP contribution in [-0.4, -0.2) is 26.4 Å². The molecule has 14 heavy (non-hydrogen) atoms. The molecule has 6 heteroatoms. The number of nitrogens with zero attached hydrogens (tertiary/aromatic N) is 2. The zero-order valence-corrected chi connectivity index (χ0v) is 8.84. The summed E-state index contributed by atoms with van der Waals surface area (Å²) in [6.45, 7) is 2.13. The predicted molar refractivity (Wildman–Crippen MR) is 56.6 cm³/mol. The largest absolute Gasteiger partial charge is 0.358 e. The van der Waals surface area contributed by atoms with Gasteiger partial charge in [-0.1, -0.05) is 6.92 Å². The Morgan fingerprint density at radius 2 is 2.43 bits per heavy atom. The summed E-state index contributed by atoms with van der Waals surface area (Å²) in [4.78, 5) is 16.4. The number of rotatable bonds is 6. The molecule has 0 atom stereocenters. The fraction of sp³-hybridized carbons (Fsp3) is 0.625. The Morgan fingerprint density at radius 1 is 1.64 bits per heavy atom. The van der Waals surface area contributed by atoms with Crippen LogP contribution >= 0.6 is 11.8 Å². The molecule has 1 aromatic rings. The van der Waals surface area contributed by atoms with Crippen molar-refractivity contribution in [1.82, 2.24) is 9.97 Å². The van der Waals surface area contributed by atoms with E-state index in [9.17, 15) is 10.1 Å². The molecule has 0 radical (unpaired) electrons. The van der Waals surface area contributed by atoms with Crippen molar-refractivity contribution in [3.05, 3.63) is 22.1 Å². The van der Waals surface area contributed by atoms with Gasteiger partial charge in [0.2, 0.25) is 0 Å². The summed E-state index contributed by atoms with van der Waals surface area (Å²) in [5.74, 6) is 2.75. The molecule has 0 saturated heterocycles. The third-order valence-corrected chi connectivity index (χ3v) is 2.83. The lowest BCUT2D eigenvalue weighted by molar-refractivity contribution is -0.389. The quantitative estimate of drug-likeness (QED) is 0.447. The Kier molecular flexibility index (Phi) is 4.45. The molecule has 0 saturated carbocycles. The third kappa shape index (κ3) is 3.37. The van der Waals surface area contributed by atoms with Gasteiger partial charge in [0, 0.05) is 12.2 Å². The first-order chi connectivity index (χ1) is 6.74. The number of aromatic nitrogens is 2. The molecule has 5 nitrogen and oxygen atoms in total. The van der Waals surface area contributed by atoms with E-state index in [1.54, 1.807) is 0 Å². The molecule has 0 aliphatic carbocycles. The maximum Gasteiger partial charge on any atom is 0.340 e. The highest BCUT2D eigenvalue weighted by molar-refractivity contribution is 7.99. The van der Waals surface area contributed by atoms with Crippen LogP contribution in [0.5, 0.6) is 0 Å². The van der Waals surface area contributed by atoms with E-state index in [0.29, 0.717) is 5.82 Å². The molecular weight excluding hydrogens is 202 g/mol. The van der Waals surface area contributed by atoms with Gasteiger partial charge in [0.1, 0.15) is 6.20 Å². The van der Waals surface area contributed by atoms with Crippen molar-refractivity contribution in [3.63, 3.8) is 0 Å². The minimum atomic E-state index is -0.463. The molecule has 1 rings (SSSR count). The summed E-state index contributed by atoms with van der Waals surface area (Å²) >= 11 is 1.84. The Bertz CT molecular complexity index is 301. The number of nitrogens with one attached hydrogen (secondary N) is 1. The van der Waals surface area contributed by atoms with E-state index in [1.165, 1.54) is 6.20 Å². The van der Waals surface area contributed by atoms with Gasteiger partial charge < -0.3 is 10.1 Å². The molecule has 0 bridgehead atoms. The highest BCUT2D eigenvalue weighted by Crippen LogP contribution is 2.09. The van der Waals surface area contributed by atoms with Crippen LogP contribution < -0.4 is 0 Å². The first-order valence-corrected chi connectivity index (χ1v) is 5.65. The van der Waals surface area contributed by atoms with Gasteiger partial charge in [-0.3, -0.25) is 0 Å². The molecule has 0 spiro atoms. The minimum absolute atomic E-state index is 0.0273. The van der Waals surface area contributed by atoms with Crippen LogP contribution in [0.2, 0.25) is 0 Å². The van der Waals surface area contributed by atoms with E-state index >= 15 is 0 Å². The number of nitro groups is 1. The summed E-state index contributed by atoms with van der Waals surface area (Å²) in [7, 11) is 0. The third-order valence-electron chi connectivity index (χ3n) is 1.64. The monoisotopic (exact) mass is 215 g/mol. The van der Waals surface area contributed by atoms with Crippen LogP contribution in [0.15, 0.2) is 6.20 Å². The van der Waals surface area contributed by atoms with Gasteiger partial charge in [-0.2, -0.15) is 11.8 Å². The topological polar surface area (TPSA) is 71.8 Å². The van der Waals surface area contributed by atoms with Gasteiger partial charge in [-0.05, 0) is 17.1 Å². The standard InChI is InChI=1S/C8H13N3O2S/c1-2-4-14-5-3-7-9-6-8(10-7)11(12)13/h6H,2-5H2,1H3,(H,9,10). The Hall–Kier alpha value is -1.04. The summed E-state index contributed by atoms with van der Waals surface area (Å²) in [5, 5.41) is 10.3. The zero-order chi connectivity index (χ0) is 10.4. The zero-order valence-electron chi connectivity index (χ0n) is 8.02. The SMILES string of the molecule is CCCSCCc1ncc([N+](=O)[O-])[nH]1. The first-order valence-electron chi connectivity index (χ1n) is 4.50. The molecule has 1 N–H and O–H groups in total. The Labute approximate surface area is 86.5 Å².